The summed E-state index contributed by atoms with van der Waals surface area (Å²) >= 11 is 0. The van der Waals surface area contributed by atoms with Gasteiger partial charge in [0, 0.05) is 5.57 Å². The number of aliphatic hydroxyl groups excluding tert-OH is 1. The molecule has 126 valence electrons. The van der Waals surface area contributed by atoms with Crippen molar-refractivity contribution in [1.82, 2.24) is 0 Å². The van der Waals surface area contributed by atoms with Crippen LogP contribution >= 0.6 is 0 Å². The number of carbonyl (C=O) groups is 1. The van der Waals surface area contributed by atoms with Crippen molar-refractivity contribution in [3.05, 3.63) is 66.7 Å². The molecule has 0 fully saturated rings. The summed E-state index contributed by atoms with van der Waals surface area (Å²) in [7, 11) is 0. The van der Waals surface area contributed by atoms with Crippen molar-refractivity contribution in [3.63, 3.8) is 0 Å². The van der Waals surface area contributed by atoms with Gasteiger partial charge in [-0.25, -0.2) is 4.79 Å². The predicted octanol–water partition coefficient (Wildman–Crippen LogP) is 3.34. The molecule has 0 aliphatic carbocycles. The van der Waals surface area contributed by atoms with E-state index in [1.807, 2.05) is 30.3 Å². The van der Waals surface area contributed by atoms with Gasteiger partial charge in [-0.1, -0.05) is 24.8 Å². The summed E-state index contributed by atoms with van der Waals surface area (Å²) < 4.78 is 16.0. The van der Waals surface area contributed by atoms with Crippen molar-refractivity contribution in [2.24, 2.45) is 0 Å². The topological polar surface area (TPSA) is 65.0 Å². The molecule has 0 spiro atoms. The third kappa shape index (κ3) is 5.78. The fourth-order valence-corrected chi connectivity index (χ4v) is 1.76. The van der Waals surface area contributed by atoms with Crippen molar-refractivity contribution >= 4 is 5.97 Å². The maximum atomic E-state index is 11.2. The molecule has 0 aromatic heterocycles. The second-order valence-corrected chi connectivity index (χ2v) is 5.23. The van der Waals surface area contributed by atoms with Crippen LogP contribution in [0.5, 0.6) is 17.2 Å². The van der Waals surface area contributed by atoms with E-state index in [0.29, 0.717) is 11.5 Å². The lowest BCUT2D eigenvalue weighted by Gasteiger charge is -2.13. The number of hydrogen-bond donors (Lipinski definition) is 1. The third-order valence-electron chi connectivity index (χ3n) is 3.00. The monoisotopic (exact) mass is 328 g/mol. The molecule has 0 aliphatic rings. The molecule has 0 amide bonds. The van der Waals surface area contributed by atoms with Gasteiger partial charge in [0.25, 0.3) is 0 Å². The quantitative estimate of drug-likeness (QED) is 0.595. The molecule has 0 saturated heterocycles. The zero-order chi connectivity index (χ0) is 17.4. The van der Waals surface area contributed by atoms with Gasteiger partial charge in [-0.05, 0) is 43.3 Å². The van der Waals surface area contributed by atoms with Crippen molar-refractivity contribution in [1.29, 1.82) is 0 Å². The molecule has 0 bridgehead atoms. The number of para-hydroxylation sites is 1. The highest BCUT2D eigenvalue weighted by molar-refractivity contribution is 5.86. The molecule has 0 aliphatic heterocycles. The fraction of sp³-hybridized carbons (Fsp3) is 0.211. The molecule has 0 radical (unpaired) electrons. The van der Waals surface area contributed by atoms with Crippen molar-refractivity contribution < 1.29 is 24.1 Å². The normalized spacial score (nSPS) is 11.4. The summed E-state index contributed by atoms with van der Waals surface area (Å²) in [6.07, 6.45) is -0.909. The fourth-order valence-electron chi connectivity index (χ4n) is 1.76. The molecule has 1 unspecified atom stereocenters. The number of benzene rings is 2. The van der Waals surface area contributed by atoms with Gasteiger partial charge in [0.2, 0.25) is 0 Å². The molecule has 5 nitrogen and oxygen atoms in total. The maximum absolute atomic E-state index is 11.2. The minimum atomic E-state index is -0.909. The molecule has 24 heavy (non-hydrogen) atoms. The molecular formula is C19H20O5. The van der Waals surface area contributed by atoms with Crippen molar-refractivity contribution in [2.45, 2.75) is 13.0 Å². The number of aliphatic hydroxyl groups is 1. The Morgan fingerprint density at radius 2 is 1.58 bits per heavy atom. The van der Waals surface area contributed by atoms with Crippen LogP contribution in [-0.4, -0.2) is 30.4 Å². The third-order valence-corrected chi connectivity index (χ3v) is 3.00. The van der Waals surface area contributed by atoms with Gasteiger partial charge in [0.15, 0.2) is 0 Å². The average Bonchev–Trinajstić information content (AvgIpc) is 2.59. The van der Waals surface area contributed by atoms with Crippen LogP contribution in [0.25, 0.3) is 0 Å². The lowest BCUT2D eigenvalue weighted by Crippen LogP contribution is -2.25. The van der Waals surface area contributed by atoms with E-state index >= 15 is 0 Å². The summed E-state index contributed by atoms with van der Waals surface area (Å²) in [4.78, 5) is 11.2. The Hall–Kier alpha value is -2.79. The van der Waals surface area contributed by atoms with Crippen LogP contribution in [-0.2, 0) is 9.53 Å². The first-order chi connectivity index (χ1) is 11.5. The Labute approximate surface area is 141 Å². The van der Waals surface area contributed by atoms with Gasteiger partial charge in [-0.2, -0.15) is 0 Å². The maximum Gasteiger partial charge on any atom is 0.333 e. The Morgan fingerprint density at radius 1 is 1.00 bits per heavy atom. The van der Waals surface area contributed by atoms with Gasteiger partial charge >= 0.3 is 5.97 Å². The first kappa shape index (κ1) is 17.6. The van der Waals surface area contributed by atoms with E-state index in [0.717, 1.165) is 5.75 Å². The number of ether oxygens (including phenoxy) is 3. The highest BCUT2D eigenvalue weighted by atomic mass is 16.5. The van der Waals surface area contributed by atoms with Crippen LogP contribution in [0.1, 0.15) is 6.92 Å². The largest absolute Gasteiger partial charge is 0.491 e. The number of hydrogen-bond acceptors (Lipinski definition) is 5. The van der Waals surface area contributed by atoms with Crippen LogP contribution in [0.4, 0.5) is 0 Å². The Kier molecular flexibility index (Phi) is 6.40. The van der Waals surface area contributed by atoms with E-state index in [2.05, 4.69) is 6.58 Å². The summed E-state index contributed by atoms with van der Waals surface area (Å²) in [6.45, 7) is 4.89. The number of carbonyl (C=O) groups excluding carboxylic acids is 1. The molecule has 0 heterocycles. The van der Waals surface area contributed by atoms with Crippen LogP contribution in [0, 0.1) is 0 Å². The van der Waals surface area contributed by atoms with E-state index in [1.54, 1.807) is 31.2 Å². The van der Waals surface area contributed by atoms with Crippen LogP contribution in [0.2, 0.25) is 0 Å². The van der Waals surface area contributed by atoms with Crippen molar-refractivity contribution in [2.75, 3.05) is 13.2 Å². The SMILES string of the molecule is C=C(C)C(=O)OCC(O)COc1ccc(Oc2ccccc2)cc1. The Bertz CT molecular complexity index is 664. The summed E-state index contributed by atoms with van der Waals surface area (Å²) in [5.74, 6) is 1.49. The first-order valence-electron chi connectivity index (χ1n) is 7.51. The number of rotatable bonds is 8. The zero-order valence-corrected chi connectivity index (χ0v) is 13.5. The van der Waals surface area contributed by atoms with E-state index in [9.17, 15) is 9.90 Å². The molecule has 2 aromatic rings. The van der Waals surface area contributed by atoms with Gasteiger partial charge < -0.3 is 19.3 Å². The van der Waals surface area contributed by atoms with Gasteiger partial charge in [-0.15, -0.1) is 0 Å². The first-order valence-corrected chi connectivity index (χ1v) is 7.51. The van der Waals surface area contributed by atoms with Crippen LogP contribution in [0.15, 0.2) is 66.7 Å². The smallest absolute Gasteiger partial charge is 0.333 e. The second kappa shape index (κ2) is 8.74. The molecule has 1 N–H and O–H groups in total. The molecule has 5 heteroatoms. The highest BCUT2D eigenvalue weighted by Crippen LogP contribution is 2.23. The highest BCUT2D eigenvalue weighted by Gasteiger charge is 2.10. The molecule has 2 rings (SSSR count). The molecule has 1 atom stereocenters. The van der Waals surface area contributed by atoms with E-state index in [4.69, 9.17) is 14.2 Å². The van der Waals surface area contributed by atoms with Crippen LogP contribution < -0.4 is 9.47 Å². The molecule has 2 aromatic carbocycles. The second-order valence-electron chi connectivity index (χ2n) is 5.23. The summed E-state index contributed by atoms with van der Waals surface area (Å²) in [5.41, 5.74) is 0.289. The lowest BCUT2D eigenvalue weighted by molar-refractivity contribution is -0.142. The Balaban J connectivity index is 1.77. The lowest BCUT2D eigenvalue weighted by atomic mass is 10.3. The minimum Gasteiger partial charge on any atom is -0.491 e. The summed E-state index contributed by atoms with van der Waals surface area (Å²) in [5, 5.41) is 9.73. The molecular weight excluding hydrogens is 308 g/mol. The van der Waals surface area contributed by atoms with Crippen molar-refractivity contribution in [3.8, 4) is 17.2 Å². The predicted molar refractivity (Wildman–Crippen MR) is 90.2 cm³/mol. The standard InChI is InChI=1S/C19H20O5/c1-14(2)19(21)23-13-15(20)12-22-16-8-10-18(11-9-16)24-17-6-4-3-5-7-17/h3-11,15,20H,1,12-13H2,2H3. The van der Waals surface area contributed by atoms with Crippen LogP contribution in [0.3, 0.4) is 0 Å². The minimum absolute atomic E-state index is 0.0162. The van der Waals surface area contributed by atoms with Gasteiger partial charge in [0.05, 0.1) is 0 Å². The van der Waals surface area contributed by atoms with E-state index in [-0.39, 0.29) is 18.8 Å². The average molecular weight is 328 g/mol. The molecule has 0 saturated carbocycles. The zero-order valence-electron chi connectivity index (χ0n) is 13.5. The summed E-state index contributed by atoms with van der Waals surface area (Å²) in [6, 6.07) is 16.5. The Morgan fingerprint density at radius 3 is 2.21 bits per heavy atom. The van der Waals surface area contributed by atoms with E-state index < -0.39 is 12.1 Å². The number of esters is 1. The van der Waals surface area contributed by atoms with Gasteiger partial charge in [-0.3, -0.25) is 0 Å². The van der Waals surface area contributed by atoms with Gasteiger partial charge in [0.1, 0.15) is 36.6 Å². The van der Waals surface area contributed by atoms with E-state index in [1.165, 1.54) is 0 Å².